The van der Waals surface area contributed by atoms with Crippen molar-refractivity contribution in [3.8, 4) is 28.5 Å². The Balaban J connectivity index is 1.44. The highest BCUT2D eigenvalue weighted by molar-refractivity contribution is 6.09. The summed E-state index contributed by atoms with van der Waals surface area (Å²) in [7, 11) is 3.61. The third-order valence-electron chi connectivity index (χ3n) is 5.76. The molecular formula is C24H24N6O3. The van der Waals surface area contributed by atoms with Crippen LogP contribution in [0.5, 0.6) is 5.88 Å². The van der Waals surface area contributed by atoms with Crippen LogP contribution in [0.1, 0.15) is 21.9 Å². The second kappa shape index (κ2) is 8.51. The number of fused-ring (bicyclic) bond motifs is 1. The zero-order valence-electron chi connectivity index (χ0n) is 18.7. The van der Waals surface area contributed by atoms with Gasteiger partial charge in [-0.3, -0.25) is 9.69 Å². The predicted molar refractivity (Wildman–Crippen MR) is 123 cm³/mol. The molecule has 0 aliphatic carbocycles. The second-order valence-electron chi connectivity index (χ2n) is 7.98. The van der Waals surface area contributed by atoms with Crippen molar-refractivity contribution in [2.24, 2.45) is 0 Å². The standard InChI is InChI=1S/C24H24N6O3/c1-15-21(22(28-33-15)16-7-5-4-6-8-16)23(31)26-18-10-9-17(27-24(18)32-3)19-13-25-20-14-29(2)11-12-30(19)20/h4-10,13H,11-12,14H2,1-3H3,(H,26,31). The number of benzene rings is 1. The van der Waals surface area contributed by atoms with Gasteiger partial charge in [-0.05, 0) is 26.1 Å². The summed E-state index contributed by atoms with van der Waals surface area (Å²) in [6.07, 6.45) is 1.83. The van der Waals surface area contributed by atoms with Crippen molar-refractivity contribution in [2.75, 3.05) is 26.0 Å². The molecule has 0 unspecified atom stereocenters. The first kappa shape index (κ1) is 20.9. The lowest BCUT2D eigenvalue weighted by molar-refractivity contribution is 0.102. The summed E-state index contributed by atoms with van der Waals surface area (Å²) in [5, 5.41) is 6.99. The number of aryl methyl sites for hydroxylation is 1. The molecule has 0 saturated carbocycles. The topological polar surface area (TPSA) is 98.3 Å². The molecule has 168 valence electrons. The van der Waals surface area contributed by atoms with Crippen LogP contribution in [0.4, 0.5) is 5.69 Å². The molecule has 1 aliphatic rings. The van der Waals surface area contributed by atoms with E-state index in [1.807, 2.05) is 42.6 Å². The van der Waals surface area contributed by atoms with Crippen LogP contribution in [0.2, 0.25) is 0 Å². The number of likely N-dealkylation sites (N-methyl/N-ethyl adjacent to an activating group) is 1. The maximum Gasteiger partial charge on any atom is 0.261 e. The molecule has 0 saturated heterocycles. The Morgan fingerprint density at radius 1 is 1.15 bits per heavy atom. The van der Waals surface area contributed by atoms with E-state index in [2.05, 4.69) is 37.0 Å². The van der Waals surface area contributed by atoms with Crippen LogP contribution in [0, 0.1) is 6.92 Å². The van der Waals surface area contributed by atoms with Crippen molar-refractivity contribution in [2.45, 2.75) is 20.0 Å². The molecule has 4 aromatic rings. The van der Waals surface area contributed by atoms with Gasteiger partial charge in [0.2, 0.25) is 5.88 Å². The second-order valence-corrected chi connectivity index (χ2v) is 7.98. The zero-order chi connectivity index (χ0) is 22.9. The number of methoxy groups -OCH3 is 1. The van der Waals surface area contributed by atoms with Gasteiger partial charge in [-0.2, -0.15) is 0 Å². The summed E-state index contributed by atoms with van der Waals surface area (Å²) in [6, 6.07) is 13.1. The van der Waals surface area contributed by atoms with E-state index in [1.54, 1.807) is 13.0 Å². The van der Waals surface area contributed by atoms with Crippen molar-refractivity contribution >= 4 is 11.6 Å². The number of aromatic nitrogens is 4. The Labute approximate surface area is 191 Å². The minimum absolute atomic E-state index is 0.319. The Hall–Kier alpha value is -3.98. The van der Waals surface area contributed by atoms with Gasteiger partial charge in [0.15, 0.2) is 0 Å². The lowest BCUT2D eigenvalue weighted by Gasteiger charge is -2.24. The Morgan fingerprint density at radius 2 is 1.97 bits per heavy atom. The molecule has 0 radical (unpaired) electrons. The van der Waals surface area contributed by atoms with E-state index in [0.717, 1.165) is 42.4 Å². The highest BCUT2D eigenvalue weighted by atomic mass is 16.5. The smallest absolute Gasteiger partial charge is 0.261 e. The van der Waals surface area contributed by atoms with Crippen LogP contribution in [0.15, 0.2) is 53.2 Å². The number of carbonyl (C=O) groups is 1. The van der Waals surface area contributed by atoms with Crippen LogP contribution >= 0.6 is 0 Å². The van der Waals surface area contributed by atoms with E-state index < -0.39 is 0 Å². The number of anilines is 1. The molecule has 0 spiro atoms. The van der Waals surface area contributed by atoms with E-state index in [0.29, 0.717) is 28.6 Å². The highest BCUT2D eigenvalue weighted by Gasteiger charge is 2.24. The van der Waals surface area contributed by atoms with E-state index in [4.69, 9.17) is 9.26 Å². The molecular weight excluding hydrogens is 420 g/mol. The van der Waals surface area contributed by atoms with Gasteiger partial charge in [-0.25, -0.2) is 9.97 Å². The first-order valence-corrected chi connectivity index (χ1v) is 10.7. The number of amides is 1. The van der Waals surface area contributed by atoms with E-state index >= 15 is 0 Å². The van der Waals surface area contributed by atoms with Crippen LogP contribution in [-0.2, 0) is 13.1 Å². The summed E-state index contributed by atoms with van der Waals surface area (Å²) in [4.78, 5) is 24.6. The number of hydrogen-bond acceptors (Lipinski definition) is 7. The molecule has 0 atom stereocenters. The largest absolute Gasteiger partial charge is 0.479 e. The van der Waals surface area contributed by atoms with Crippen LogP contribution in [-0.4, -0.2) is 51.2 Å². The first-order chi connectivity index (χ1) is 16.0. The summed E-state index contributed by atoms with van der Waals surface area (Å²) in [5.74, 6) is 1.42. The van der Waals surface area contributed by atoms with Gasteiger partial charge in [0.25, 0.3) is 5.91 Å². The maximum absolute atomic E-state index is 13.2. The number of nitrogens with one attached hydrogen (secondary N) is 1. The fourth-order valence-corrected chi connectivity index (χ4v) is 4.04. The number of nitrogens with zero attached hydrogens (tertiary/aromatic N) is 5. The third-order valence-corrected chi connectivity index (χ3v) is 5.76. The molecule has 33 heavy (non-hydrogen) atoms. The SMILES string of the molecule is COc1nc(-c2cnc3n2CCN(C)C3)ccc1NC(=O)c1c(-c2ccccc2)noc1C. The molecule has 9 nitrogen and oxygen atoms in total. The number of ether oxygens (including phenoxy) is 1. The van der Waals surface area contributed by atoms with E-state index in [1.165, 1.54) is 7.11 Å². The maximum atomic E-state index is 13.2. The monoisotopic (exact) mass is 444 g/mol. The normalized spacial score (nSPS) is 13.5. The van der Waals surface area contributed by atoms with Crippen molar-refractivity contribution in [3.63, 3.8) is 0 Å². The summed E-state index contributed by atoms with van der Waals surface area (Å²) < 4.78 is 13.0. The summed E-state index contributed by atoms with van der Waals surface area (Å²) in [5.41, 5.74) is 3.79. The molecule has 1 aromatic carbocycles. The molecule has 0 fully saturated rings. The lowest BCUT2D eigenvalue weighted by Crippen LogP contribution is -2.30. The number of pyridine rings is 1. The van der Waals surface area contributed by atoms with Gasteiger partial charge in [0, 0.05) is 18.7 Å². The Morgan fingerprint density at radius 3 is 2.76 bits per heavy atom. The minimum atomic E-state index is -0.342. The minimum Gasteiger partial charge on any atom is -0.479 e. The first-order valence-electron chi connectivity index (χ1n) is 10.7. The molecule has 0 bridgehead atoms. The Bertz CT molecular complexity index is 1310. The third kappa shape index (κ3) is 3.87. The lowest BCUT2D eigenvalue weighted by atomic mass is 10.1. The Kier molecular flexibility index (Phi) is 5.39. The predicted octanol–water partition coefficient (Wildman–Crippen LogP) is 3.61. The van der Waals surface area contributed by atoms with Crippen LogP contribution in [0.3, 0.4) is 0 Å². The molecule has 1 amide bonds. The average molecular weight is 444 g/mol. The fourth-order valence-electron chi connectivity index (χ4n) is 4.04. The number of carbonyl (C=O) groups excluding carboxylic acids is 1. The highest BCUT2D eigenvalue weighted by Crippen LogP contribution is 2.31. The number of rotatable bonds is 5. The molecule has 9 heteroatoms. The quantitative estimate of drug-likeness (QED) is 0.502. The van der Waals surface area contributed by atoms with E-state index in [-0.39, 0.29) is 5.91 Å². The van der Waals surface area contributed by atoms with Crippen molar-refractivity contribution < 1.29 is 14.1 Å². The van der Waals surface area contributed by atoms with Crippen molar-refractivity contribution in [3.05, 3.63) is 65.8 Å². The van der Waals surface area contributed by atoms with Gasteiger partial charge in [-0.15, -0.1) is 0 Å². The molecule has 5 rings (SSSR count). The van der Waals surface area contributed by atoms with Crippen LogP contribution < -0.4 is 10.1 Å². The molecule has 4 heterocycles. The van der Waals surface area contributed by atoms with E-state index in [9.17, 15) is 4.79 Å². The van der Waals surface area contributed by atoms with Gasteiger partial charge in [-0.1, -0.05) is 35.5 Å². The molecule has 1 N–H and O–H groups in total. The van der Waals surface area contributed by atoms with Crippen molar-refractivity contribution in [1.82, 2.24) is 24.6 Å². The number of hydrogen-bond donors (Lipinski definition) is 1. The summed E-state index contributed by atoms with van der Waals surface area (Å²) in [6.45, 7) is 4.31. The average Bonchev–Trinajstić information content (AvgIpc) is 3.43. The van der Waals surface area contributed by atoms with Crippen molar-refractivity contribution in [1.29, 1.82) is 0 Å². The van der Waals surface area contributed by atoms with Gasteiger partial charge in [0.1, 0.15) is 28.5 Å². The summed E-state index contributed by atoms with van der Waals surface area (Å²) >= 11 is 0. The molecule has 1 aliphatic heterocycles. The van der Waals surface area contributed by atoms with Crippen LogP contribution in [0.25, 0.3) is 22.6 Å². The van der Waals surface area contributed by atoms with Gasteiger partial charge >= 0.3 is 0 Å². The molecule has 3 aromatic heterocycles. The fraction of sp³-hybridized carbons (Fsp3) is 0.250. The number of imidazole rings is 1. The van der Waals surface area contributed by atoms with Gasteiger partial charge in [0.05, 0.1) is 31.2 Å². The zero-order valence-corrected chi connectivity index (χ0v) is 18.7. The van der Waals surface area contributed by atoms with Gasteiger partial charge < -0.3 is 19.1 Å².